The maximum Gasteiger partial charge on any atom is 0.471 e. The van der Waals surface area contributed by atoms with E-state index in [-0.39, 0.29) is 6.42 Å². The van der Waals surface area contributed by atoms with Gasteiger partial charge in [-0.25, -0.2) is 9.78 Å². The molecule has 0 saturated carbocycles. The van der Waals surface area contributed by atoms with E-state index in [2.05, 4.69) is 14.7 Å². The standard InChI is InChI=1S/C16H16F3N3O3/c1-9-3-5-10(6-4-9)13-20-8-11(21-13)7-12(14(23)25-2)22-15(24)16(17,18)19/h3-6,8,12H,7H2,1-2H3,(H,20,21)(H,22,24)/t12-/m0/s1. The van der Waals surface area contributed by atoms with Crippen molar-refractivity contribution >= 4 is 11.9 Å². The summed E-state index contributed by atoms with van der Waals surface area (Å²) in [5.74, 6) is -2.69. The molecule has 0 saturated heterocycles. The highest BCUT2D eigenvalue weighted by atomic mass is 19.4. The van der Waals surface area contributed by atoms with Gasteiger partial charge in [-0.2, -0.15) is 13.2 Å². The molecular weight excluding hydrogens is 339 g/mol. The number of H-pyrrole nitrogens is 1. The van der Waals surface area contributed by atoms with Gasteiger partial charge in [0.25, 0.3) is 0 Å². The molecule has 6 nitrogen and oxygen atoms in total. The third-order valence-electron chi connectivity index (χ3n) is 3.43. The minimum absolute atomic E-state index is 0.215. The predicted octanol–water partition coefficient (Wildman–Crippen LogP) is 2.15. The maximum atomic E-state index is 12.4. The van der Waals surface area contributed by atoms with Gasteiger partial charge in [0, 0.05) is 23.9 Å². The van der Waals surface area contributed by atoms with Crippen LogP contribution < -0.4 is 5.32 Å². The SMILES string of the molecule is COC(=O)[C@H](Cc1cnc(-c2ccc(C)cc2)[nH]1)NC(=O)C(F)(F)F. The number of ether oxygens (including phenoxy) is 1. The summed E-state index contributed by atoms with van der Waals surface area (Å²) >= 11 is 0. The Balaban J connectivity index is 2.15. The van der Waals surface area contributed by atoms with Crippen molar-refractivity contribution in [3.63, 3.8) is 0 Å². The van der Waals surface area contributed by atoms with Gasteiger partial charge in [-0.3, -0.25) is 4.79 Å². The molecule has 0 spiro atoms. The largest absolute Gasteiger partial charge is 0.471 e. The molecule has 0 unspecified atom stereocenters. The van der Waals surface area contributed by atoms with Crippen molar-refractivity contribution in [2.75, 3.05) is 7.11 Å². The molecule has 0 aliphatic carbocycles. The zero-order valence-corrected chi connectivity index (χ0v) is 13.5. The number of benzene rings is 1. The van der Waals surface area contributed by atoms with Crippen molar-refractivity contribution in [1.82, 2.24) is 15.3 Å². The van der Waals surface area contributed by atoms with Crippen LogP contribution >= 0.6 is 0 Å². The van der Waals surface area contributed by atoms with Crippen LogP contribution in [0.5, 0.6) is 0 Å². The lowest BCUT2D eigenvalue weighted by molar-refractivity contribution is -0.175. The average molecular weight is 355 g/mol. The Morgan fingerprint density at radius 2 is 1.92 bits per heavy atom. The molecule has 2 N–H and O–H groups in total. The molecule has 2 aromatic rings. The highest BCUT2D eigenvalue weighted by molar-refractivity contribution is 5.87. The lowest BCUT2D eigenvalue weighted by Gasteiger charge is -2.16. The first-order valence-electron chi connectivity index (χ1n) is 7.27. The van der Waals surface area contributed by atoms with Crippen LogP contribution in [0.2, 0.25) is 0 Å². The third-order valence-corrected chi connectivity index (χ3v) is 3.43. The second kappa shape index (κ2) is 7.37. The van der Waals surface area contributed by atoms with Crippen molar-refractivity contribution in [1.29, 1.82) is 0 Å². The van der Waals surface area contributed by atoms with Crippen LogP contribution in [0.3, 0.4) is 0 Å². The lowest BCUT2D eigenvalue weighted by atomic mass is 10.1. The summed E-state index contributed by atoms with van der Waals surface area (Å²) in [6, 6.07) is 5.96. The summed E-state index contributed by atoms with van der Waals surface area (Å²) in [4.78, 5) is 29.8. The lowest BCUT2D eigenvalue weighted by Crippen LogP contribution is -2.48. The number of imidazole rings is 1. The monoisotopic (exact) mass is 355 g/mol. The molecule has 1 amide bonds. The fourth-order valence-corrected chi connectivity index (χ4v) is 2.12. The van der Waals surface area contributed by atoms with E-state index in [1.165, 1.54) is 6.20 Å². The summed E-state index contributed by atoms with van der Waals surface area (Å²) in [5.41, 5.74) is 2.23. The molecule has 9 heteroatoms. The molecular formula is C16H16F3N3O3. The van der Waals surface area contributed by atoms with E-state index in [0.29, 0.717) is 11.5 Å². The Morgan fingerprint density at radius 1 is 1.28 bits per heavy atom. The number of esters is 1. The highest BCUT2D eigenvalue weighted by Crippen LogP contribution is 2.18. The normalized spacial score (nSPS) is 12.5. The van der Waals surface area contributed by atoms with E-state index in [1.807, 2.05) is 31.2 Å². The first kappa shape index (κ1) is 18.5. The number of aryl methyl sites for hydroxylation is 1. The van der Waals surface area contributed by atoms with Crippen LogP contribution in [0, 0.1) is 6.92 Å². The molecule has 2 rings (SSSR count). The van der Waals surface area contributed by atoms with Gasteiger partial charge in [0.2, 0.25) is 0 Å². The number of hydrogen-bond donors (Lipinski definition) is 2. The Morgan fingerprint density at radius 3 is 2.48 bits per heavy atom. The van der Waals surface area contributed by atoms with E-state index < -0.39 is 24.1 Å². The van der Waals surface area contributed by atoms with Crippen molar-refractivity contribution in [2.45, 2.75) is 25.6 Å². The van der Waals surface area contributed by atoms with Crippen LogP contribution in [0.15, 0.2) is 30.5 Å². The number of methoxy groups -OCH3 is 1. The van der Waals surface area contributed by atoms with Crippen molar-refractivity contribution < 1.29 is 27.5 Å². The van der Waals surface area contributed by atoms with Gasteiger partial charge >= 0.3 is 18.1 Å². The van der Waals surface area contributed by atoms with E-state index in [9.17, 15) is 22.8 Å². The van der Waals surface area contributed by atoms with Gasteiger partial charge in [-0.05, 0) is 6.92 Å². The molecule has 1 aromatic carbocycles. The van der Waals surface area contributed by atoms with Crippen LogP contribution in [0.25, 0.3) is 11.4 Å². The number of hydrogen-bond acceptors (Lipinski definition) is 4. The second-order valence-corrected chi connectivity index (χ2v) is 5.37. The predicted molar refractivity (Wildman–Crippen MR) is 82.5 cm³/mol. The van der Waals surface area contributed by atoms with Gasteiger partial charge in [0.1, 0.15) is 11.9 Å². The number of aromatic nitrogens is 2. The zero-order valence-electron chi connectivity index (χ0n) is 13.5. The molecule has 1 aromatic heterocycles. The average Bonchev–Trinajstić information content (AvgIpc) is 3.01. The quantitative estimate of drug-likeness (QED) is 0.805. The van der Waals surface area contributed by atoms with Crippen LogP contribution in [-0.4, -0.2) is 41.2 Å². The Hall–Kier alpha value is -2.84. The van der Waals surface area contributed by atoms with Gasteiger partial charge in [0.15, 0.2) is 0 Å². The molecule has 0 aliphatic heterocycles. The highest BCUT2D eigenvalue weighted by Gasteiger charge is 2.41. The van der Waals surface area contributed by atoms with E-state index >= 15 is 0 Å². The summed E-state index contributed by atoms with van der Waals surface area (Å²) in [7, 11) is 1.03. The topological polar surface area (TPSA) is 84.1 Å². The Labute approximate surface area is 141 Å². The summed E-state index contributed by atoms with van der Waals surface area (Å²) < 4.78 is 41.6. The van der Waals surface area contributed by atoms with Crippen LogP contribution in [0.4, 0.5) is 13.2 Å². The number of aromatic amines is 1. The Bertz CT molecular complexity index is 754. The number of nitrogens with one attached hydrogen (secondary N) is 2. The minimum atomic E-state index is -5.09. The summed E-state index contributed by atoms with van der Waals surface area (Å²) in [5, 5.41) is 1.63. The fraction of sp³-hybridized carbons (Fsp3) is 0.312. The number of carbonyl (C=O) groups is 2. The van der Waals surface area contributed by atoms with E-state index in [1.54, 1.807) is 5.32 Å². The molecule has 1 heterocycles. The smallest absolute Gasteiger partial charge is 0.467 e. The second-order valence-electron chi connectivity index (χ2n) is 5.37. The third kappa shape index (κ3) is 4.82. The van der Waals surface area contributed by atoms with Crippen LogP contribution in [-0.2, 0) is 20.7 Å². The molecule has 1 atom stereocenters. The number of alkyl halides is 3. The van der Waals surface area contributed by atoms with Crippen molar-refractivity contribution in [3.05, 3.63) is 41.7 Å². The van der Waals surface area contributed by atoms with E-state index in [0.717, 1.165) is 18.2 Å². The fourth-order valence-electron chi connectivity index (χ4n) is 2.12. The van der Waals surface area contributed by atoms with Gasteiger partial charge < -0.3 is 15.0 Å². The van der Waals surface area contributed by atoms with Gasteiger partial charge in [-0.15, -0.1) is 0 Å². The molecule has 25 heavy (non-hydrogen) atoms. The number of rotatable bonds is 5. The molecule has 0 aliphatic rings. The number of carbonyl (C=O) groups excluding carboxylic acids is 2. The molecule has 0 bridgehead atoms. The molecule has 0 fully saturated rings. The molecule has 134 valence electrons. The number of amides is 1. The summed E-state index contributed by atoms with van der Waals surface area (Å²) in [6.45, 7) is 1.93. The maximum absolute atomic E-state index is 12.4. The van der Waals surface area contributed by atoms with Gasteiger partial charge in [0.05, 0.1) is 7.11 Å². The van der Waals surface area contributed by atoms with Crippen molar-refractivity contribution in [2.24, 2.45) is 0 Å². The first-order valence-corrected chi connectivity index (χ1v) is 7.27. The number of halogens is 3. The minimum Gasteiger partial charge on any atom is -0.467 e. The summed E-state index contributed by atoms with van der Waals surface area (Å²) in [6.07, 6.45) is -3.91. The molecule has 0 radical (unpaired) electrons. The zero-order chi connectivity index (χ0) is 18.6. The van der Waals surface area contributed by atoms with Crippen LogP contribution in [0.1, 0.15) is 11.3 Å². The van der Waals surface area contributed by atoms with E-state index in [4.69, 9.17) is 0 Å². The Kier molecular flexibility index (Phi) is 5.45. The first-order chi connectivity index (χ1) is 11.7. The number of nitrogens with zero attached hydrogens (tertiary/aromatic N) is 1. The van der Waals surface area contributed by atoms with Crippen molar-refractivity contribution in [3.8, 4) is 11.4 Å². The van der Waals surface area contributed by atoms with Gasteiger partial charge in [-0.1, -0.05) is 29.8 Å².